The molecule has 8 nitrogen and oxygen atoms in total. The maximum Gasteiger partial charge on any atom is 0.433 e. The second-order valence-electron chi connectivity index (χ2n) is 9.05. The van der Waals surface area contributed by atoms with Gasteiger partial charge in [-0.3, -0.25) is 19.8 Å². The molecule has 11 heteroatoms. The number of hydroxylamine groups is 1. The zero-order valence-electron chi connectivity index (χ0n) is 19.7. The predicted octanol–water partition coefficient (Wildman–Crippen LogP) is 4.77. The minimum atomic E-state index is -4.67. The van der Waals surface area contributed by atoms with Gasteiger partial charge in [0.2, 0.25) is 0 Å². The molecule has 2 aromatic carbocycles. The second kappa shape index (κ2) is 9.16. The molecule has 2 aliphatic rings. The number of benzene rings is 2. The average Bonchev–Trinajstić information content (AvgIpc) is 2.88. The average molecular weight is 512 g/mol. The van der Waals surface area contributed by atoms with Crippen LogP contribution < -0.4 is 15.7 Å². The summed E-state index contributed by atoms with van der Waals surface area (Å²) in [7, 11) is 0. The van der Waals surface area contributed by atoms with Crippen LogP contribution in [0.5, 0.6) is 0 Å². The third kappa shape index (κ3) is 4.63. The monoisotopic (exact) mass is 512 g/mol. The van der Waals surface area contributed by atoms with Gasteiger partial charge in [0.25, 0.3) is 11.8 Å². The molecule has 192 valence electrons. The highest BCUT2D eigenvalue weighted by Gasteiger charge is 2.45. The van der Waals surface area contributed by atoms with Crippen LogP contribution in [-0.4, -0.2) is 40.9 Å². The van der Waals surface area contributed by atoms with E-state index in [0.717, 1.165) is 16.8 Å². The number of alkyl halides is 3. The number of ether oxygens (including phenoxy) is 1. The van der Waals surface area contributed by atoms with Crippen LogP contribution in [0.4, 0.5) is 24.5 Å². The highest BCUT2D eigenvalue weighted by molar-refractivity contribution is 6.05. The molecular formula is C26H23F3N4O4. The summed E-state index contributed by atoms with van der Waals surface area (Å²) in [6, 6.07) is 12.1. The van der Waals surface area contributed by atoms with E-state index >= 15 is 0 Å². The summed E-state index contributed by atoms with van der Waals surface area (Å²) >= 11 is 0. The maximum absolute atomic E-state index is 13.0. The number of amides is 2. The molecule has 5 rings (SSSR count). The molecular weight excluding hydrogens is 489 g/mol. The topological polar surface area (TPSA) is 104 Å². The van der Waals surface area contributed by atoms with Crippen molar-refractivity contribution in [3.63, 3.8) is 0 Å². The lowest BCUT2D eigenvalue weighted by molar-refractivity contribution is -0.141. The highest BCUT2D eigenvalue weighted by Crippen LogP contribution is 2.39. The summed E-state index contributed by atoms with van der Waals surface area (Å²) in [6.07, 6.45) is -2.89. The van der Waals surface area contributed by atoms with E-state index in [2.05, 4.69) is 15.6 Å². The van der Waals surface area contributed by atoms with E-state index in [1.807, 2.05) is 6.92 Å². The van der Waals surface area contributed by atoms with Crippen molar-refractivity contribution in [2.75, 3.05) is 23.6 Å². The van der Waals surface area contributed by atoms with Crippen LogP contribution in [0, 0.1) is 6.92 Å². The number of nitrogens with zero attached hydrogens (tertiary/aromatic N) is 2. The quantitative estimate of drug-likeness (QED) is 0.467. The molecule has 0 radical (unpaired) electrons. The Hall–Kier alpha value is -3.96. The zero-order valence-corrected chi connectivity index (χ0v) is 19.7. The Balaban J connectivity index is 1.45. The first kappa shape index (κ1) is 24.7. The van der Waals surface area contributed by atoms with Gasteiger partial charge in [0.15, 0.2) is 0 Å². The molecule has 2 amide bonds. The van der Waals surface area contributed by atoms with Gasteiger partial charge in [-0.05, 0) is 60.0 Å². The lowest BCUT2D eigenvalue weighted by atomic mass is 9.92. The van der Waals surface area contributed by atoms with Crippen LogP contribution in [0.1, 0.15) is 44.8 Å². The molecule has 1 fully saturated rings. The summed E-state index contributed by atoms with van der Waals surface area (Å²) in [5.74, 6) is -1.00. The smallest absolute Gasteiger partial charge is 0.381 e. The first-order valence-electron chi connectivity index (χ1n) is 11.6. The number of aromatic nitrogens is 1. The van der Waals surface area contributed by atoms with Crippen molar-refractivity contribution >= 4 is 23.2 Å². The summed E-state index contributed by atoms with van der Waals surface area (Å²) in [5.41, 5.74) is 1.02. The number of hydrogen-bond acceptors (Lipinski definition) is 6. The Morgan fingerprint density at radius 2 is 1.86 bits per heavy atom. The van der Waals surface area contributed by atoms with Gasteiger partial charge in [0.1, 0.15) is 11.4 Å². The number of nitrogens with one attached hydrogen (secondary N) is 2. The van der Waals surface area contributed by atoms with E-state index < -0.39 is 23.4 Å². The predicted molar refractivity (Wildman–Crippen MR) is 128 cm³/mol. The number of halogens is 3. The number of rotatable bonds is 3. The van der Waals surface area contributed by atoms with Gasteiger partial charge >= 0.3 is 6.18 Å². The van der Waals surface area contributed by atoms with Crippen LogP contribution >= 0.6 is 0 Å². The number of carbonyl (C=O) groups is 2. The van der Waals surface area contributed by atoms with E-state index in [4.69, 9.17) is 4.74 Å². The van der Waals surface area contributed by atoms with E-state index in [9.17, 15) is 28.0 Å². The molecule has 3 N–H and O–H groups in total. The molecule has 0 atom stereocenters. The molecule has 0 unspecified atom stereocenters. The van der Waals surface area contributed by atoms with Gasteiger partial charge in [-0.15, -0.1) is 0 Å². The van der Waals surface area contributed by atoms with Gasteiger partial charge in [-0.1, -0.05) is 12.1 Å². The van der Waals surface area contributed by atoms with Crippen LogP contribution in [0.3, 0.4) is 0 Å². The Morgan fingerprint density at radius 3 is 2.59 bits per heavy atom. The normalized spacial score (nSPS) is 16.8. The van der Waals surface area contributed by atoms with Crippen molar-refractivity contribution in [2.45, 2.75) is 31.6 Å². The molecule has 1 aromatic heterocycles. The molecule has 3 heterocycles. The number of hydrogen-bond donors (Lipinski definition) is 3. The number of anilines is 2. The van der Waals surface area contributed by atoms with Crippen molar-refractivity contribution in [1.82, 2.24) is 10.3 Å². The van der Waals surface area contributed by atoms with E-state index in [-0.39, 0.29) is 11.5 Å². The Bertz CT molecular complexity index is 1390. The van der Waals surface area contributed by atoms with Crippen molar-refractivity contribution in [1.29, 1.82) is 0 Å². The molecule has 1 saturated heterocycles. The third-order valence-corrected chi connectivity index (χ3v) is 6.66. The van der Waals surface area contributed by atoms with Crippen molar-refractivity contribution in [3.8, 4) is 11.1 Å². The third-order valence-electron chi connectivity index (χ3n) is 6.66. The summed E-state index contributed by atoms with van der Waals surface area (Å²) in [4.78, 5) is 28.7. The zero-order chi connectivity index (χ0) is 26.4. The highest BCUT2D eigenvalue weighted by atomic mass is 19.4. The van der Waals surface area contributed by atoms with E-state index in [1.165, 1.54) is 6.07 Å². The van der Waals surface area contributed by atoms with Gasteiger partial charge < -0.3 is 15.4 Å². The summed E-state index contributed by atoms with van der Waals surface area (Å²) in [6.45, 7) is 2.66. The van der Waals surface area contributed by atoms with Gasteiger partial charge in [-0.25, -0.2) is 5.06 Å². The number of aryl methyl sites for hydroxylation is 1. The van der Waals surface area contributed by atoms with E-state index in [0.29, 0.717) is 60.2 Å². The van der Waals surface area contributed by atoms with Crippen molar-refractivity contribution < 1.29 is 32.7 Å². The Morgan fingerprint density at radius 1 is 1.11 bits per heavy atom. The largest absolute Gasteiger partial charge is 0.433 e. The fraction of sp³-hybridized carbons (Fsp3) is 0.269. The van der Waals surface area contributed by atoms with Gasteiger partial charge in [-0.2, -0.15) is 13.2 Å². The van der Waals surface area contributed by atoms with Crippen LogP contribution in [0.2, 0.25) is 0 Å². The molecule has 37 heavy (non-hydrogen) atoms. The standard InChI is InChI=1S/C26H23F3N4O4/c1-15-2-4-18(31-23(34)17-6-9-30-22(13-17)26(27,28)29)14-20(15)16-3-5-19-21(12-16)33(36)25(32-24(19)35)7-10-37-11-8-25/h2-6,9,12-14,36H,7-8,10-11H2,1H3,(H,31,34)(H,32,35). The second-order valence-corrected chi connectivity index (χ2v) is 9.05. The maximum atomic E-state index is 13.0. The molecule has 2 aliphatic heterocycles. The van der Waals surface area contributed by atoms with Crippen LogP contribution in [0.15, 0.2) is 54.7 Å². The Kier molecular flexibility index (Phi) is 6.12. The summed E-state index contributed by atoms with van der Waals surface area (Å²) in [5, 5.41) is 17.7. The fourth-order valence-corrected chi connectivity index (χ4v) is 4.62. The number of fused-ring (bicyclic) bond motifs is 1. The van der Waals surface area contributed by atoms with Gasteiger partial charge in [0.05, 0.1) is 24.5 Å². The van der Waals surface area contributed by atoms with Crippen molar-refractivity contribution in [2.24, 2.45) is 0 Å². The number of carbonyl (C=O) groups excluding carboxylic acids is 2. The molecule has 1 spiro atoms. The molecule has 0 saturated carbocycles. The minimum absolute atomic E-state index is 0.179. The van der Waals surface area contributed by atoms with Gasteiger partial charge in [0, 0.05) is 30.3 Å². The minimum Gasteiger partial charge on any atom is -0.381 e. The summed E-state index contributed by atoms with van der Waals surface area (Å²) < 4.78 is 44.4. The molecule has 3 aromatic rings. The lowest BCUT2D eigenvalue weighted by Gasteiger charge is -2.47. The Labute approximate surface area is 210 Å². The lowest BCUT2D eigenvalue weighted by Crippen LogP contribution is -2.65. The molecule has 0 bridgehead atoms. The number of pyridine rings is 1. The van der Waals surface area contributed by atoms with E-state index in [1.54, 1.807) is 36.4 Å². The fourth-order valence-electron chi connectivity index (χ4n) is 4.62. The van der Waals surface area contributed by atoms with Crippen molar-refractivity contribution in [3.05, 3.63) is 77.1 Å². The SMILES string of the molecule is Cc1ccc(NC(=O)c2ccnc(C(F)(F)F)c2)cc1-c1ccc2c(c1)N(O)C1(CCOCC1)NC2=O. The van der Waals surface area contributed by atoms with Crippen LogP contribution in [0.25, 0.3) is 11.1 Å². The first-order chi connectivity index (χ1) is 17.6. The van der Waals surface area contributed by atoms with Crippen LogP contribution in [-0.2, 0) is 10.9 Å². The molecule has 0 aliphatic carbocycles. The first-order valence-corrected chi connectivity index (χ1v) is 11.6.